The normalized spacial score (nSPS) is 12.0. The fourth-order valence-corrected chi connectivity index (χ4v) is 5.01. The summed E-state index contributed by atoms with van der Waals surface area (Å²) in [6.07, 6.45) is 2.87. The van der Waals surface area contributed by atoms with Crippen molar-refractivity contribution in [2.24, 2.45) is 0 Å². The average molecular weight is 518 g/mol. The molecule has 1 atom stereocenters. The minimum absolute atomic E-state index is 0.117. The molecule has 0 saturated carbocycles. The number of hydrogen-bond donors (Lipinski definition) is 1. The first kappa shape index (κ1) is 29.2. The van der Waals surface area contributed by atoms with Gasteiger partial charge in [-0.15, -0.1) is 0 Å². The highest BCUT2D eigenvalue weighted by Gasteiger charge is 2.28. The molecule has 0 radical (unpaired) electrons. The summed E-state index contributed by atoms with van der Waals surface area (Å²) in [5.41, 5.74) is 2.53. The highest BCUT2D eigenvalue weighted by Crippen LogP contribution is 2.22. The number of aryl methyl sites for hydroxylation is 1. The van der Waals surface area contributed by atoms with Gasteiger partial charge in [0.2, 0.25) is 21.8 Å². The zero-order chi connectivity index (χ0) is 26.7. The molecule has 2 rings (SSSR count). The van der Waals surface area contributed by atoms with Crippen LogP contribution in [0.2, 0.25) is 0 Å². The Morgan fingerprint density at radius 2 is 1.78 bits per heavy atom. The molecule has 0 aliphatic rings. The lowest BCUT2D eigenvalue weighted by molar-refractivity contribution is -0.141. The van der Waals surface area contributed by atoms with E-state index in [1.807, 2.05) is 45.0 Å². The molecule has 0 spiro atoms. The van der Waals surface area contributed by atoms with Crippen LogP contribution in [-0.2, 0) is 26.2 Å². The number of carbonyl (C=O) groups is 2. The van der Waals surface area contributed by atoms with Crippen molar-refractivity contribution in [3.05, 3.63) is 59.7 Å². The van der Waals surface area contributed by atoms with Gasteiger partial charge in [-0.25, -0.2) is 8.42 Å². The Kier molecular flexibility index (Phi) is 11.2. The molecule has 1 N–H and O–H groups in total. The zero-order valence-corrected chi connectivity index (χ0v) is 22.8. The molecule has 0 aliphatic carbocycles. The van der Waals surface area contributed by atoms with Gasteiger partial charge in [-0.3, -0.25) is 13.9 Å². The number of nitrogens with one attached hydrogen (secondary N) is 1. The van der Waals surface area contributed by atoms with E-state index in [2.05, 4.69) is 5.32 Å². The maximum Gasteiger partial charge on any atom is 0.242 e. The molecular weight excluding hydrogens is 478 g/mol. The molecule has 8 nitrogen and oxygen atoms in total. The molecular formula is C27H39N3O5S. The molecule has 0 heterocycles. The Bertz CT molecular complexity index is 1100. The van der Waals surface area contributed by atoms with E-state index in [1.165, 1.54) is 4.31 Å². The van der Waals surface area contributed by atoms with Gasteiger partial charge >= 0.3 is 0 Å². The van der Waals surface area contributed by atoms with Crippen molar-refractivity contribution in [3.63, 3.8) is 0 Å². The number of methoxy groups -OCH3 is 1. The summed E-state index contributed by atoms with van der Waals surface area (Å²) in [4.78, 5) is 27.9. The zero-order valence-electron chi connectivity index (χ0n) is 22.0. The lowest BCUT2D eigenvalue weighted by Crippen LogP contribution is -2.49. The maximum atomic E-state index is 13.4. The predicted molar refractivity (Wildman–Crippen MR) is 144 cm³/mol. The van der Waals surface area contributed by atoms with E-state index < -0.39 is 16.1 Å². The van der Waals surface area contributed by atoms with Gasteiger partial charge in [0.15, 0.2) is 0 Å². The topological polar surface area (TPSA) is 96.0 Å². The minimum atomic E-state index is -3.55. The molecule has 2 aromatic carbocycles. The van der Waals surface area contributed by atoms with E-state index in [9.17, 15) is 18.0 Å². The second kappa shape index (κ2) is 13.9. The highest BCUT2D eigenvalue weighted by molar-refractivity contribution is 7.92. The van der Waals surface area contributed by atoms with Gasteiger partial charge in [0.05, 0.1) is 19.1 Å². The van der Waals surface area contributed by atoms with Gasteiger partial charge in [-0.1, -0.05) is 43.7 Å². The van der Waals surface area contributed by atoms with E-state index in [-0.39, 0.29) is 24.8 Å². The number of anilines is 1. The molecule has 0 bridgehead atoms. The third-order valence-corrected chi connectivity index (χ3v) is 7.08. The number of nitrogens with zero attached hydrogens (tertiary/aromatic N) is 2. The first-order chi connectivity index (χ1) is 17.1. The van der Waals surface area contributed by atoms with Crippen LogP contribution in [0, 0.1) is 6.92 Å². The van der Waals surface area contributed by atoms with Gasteiger partial charge in [0.1, 0.15) is 11.8 Å². The van der Waals surface area contributed by atoms with Gasteiger partial charge < -0.3 is 15.0 Å². The van der Waals surface area contributed by atoms with E-state index in [0.29, 0.717) is 37.4 Å². The van der Waals surface area contributed by atoms with Gasteiger partial charge in [0, 0.05) is 26.1 Å². The molecule has 9 heteroatoms. The van der Waals surface area contributed by atoms with Crippen LogP contribution >= 0.6 is 0 Å². The Hall–Kier alpha value is -3.07. The lowest BCUT2D eigenvalue weighted by Gasteiger charge is -2.31. The third kappa shape index (κ3) is 8.55. The molecule has 0 unspecified atom stereocenters. The summed E-state index contributed by atoms with van der Waals surface area (Å²) in [6, 6.07) is 14.0. The summed E-state index contributed by atoms with van der Waals surface area (Å²) in [7, 11) is -2.01. The summed E-state index contributed by atoms with van der Waals surface area (Å²) < 4.78 is 31.4. The first-order valence-corrected chi connectivity index (χ1v) is 14.2. The van der Waals surface area contributed by atoms with Gasteiger partial charge in [-0.2, -0.15) is 0 Å². The molecule has 0 aliphatic heterocycles. The molecule has 2 aromatic rings. The van der Waals surface area contributed by atoms with Crippen molar-refractivity contribution >= 4 is 27.5 Å². The second-order valence-electron chi connectivity index (χ2n) is 8.86. The monoisotopic (exact) mass is 517 g/mol. The molecule has 36 heavy (non-hydrogen) atoms. The van der Waals surface area contributed by atoms with Crippen LogP contribution in [0.5, 0.6) is 5.75 Å². The van der Waals surface area contributed by atoms with E-state index >= 15 is 0 Å². The summed E-state index contributed by atoms with van der Waals surface area (Å²) >= 11 is 0. The summed E-state index contributed by atoms with van der Waals surface area (Å²) in [5.74, 6) is 0.274. The van der Waals surface area contributed by atoms with Crippen molar-refractivity contribution in [1.82, 2.24) is 10.2 Å². The van der Waals surface area contributed by atoms with Crippen LogP contribution in [0.1, 0.15) is 50.7 Å². The van der Waals surface area contributed by atoms with Crippen LogP contribution < -0.4 is 14.4 Å². The molecule has 0 aromatic heterocycles. The Morgan fingerprint density at radius 1 is 1.08 bits per heavy atom. The Labute approximate surface area is 215 Å². The number of hydrogen-bond acceptors (Lipinski definition) is 5. The van der Waals surface area contributed by atoms with Gasteiger partial charge in [-0.05, 0) is 56.0 Å². The van der Waals surface area contributed by atoms with Crippen LogP contribution in [0.15, 0.2) is 48.5 Å². The molecule has 0 fully saturated rings. The standard InChI is InChI=1S/C27H39N3O5S/c1-6-17-28-27(32)25(7-2)29(20-22-11-8-10-21(3)19-22)26(31)12-9-18-30(36(5,33)34)23-13-15-24(35-4)16-14-23/h8,10-11,13-16,19,25H,6-7,9,12,17-18,20H2,1-5H3,(H,28,32)/t25-/m0/s1. The Morgan fingerprint density at radius 3 is 2.33 bits per heavy atom. The van der Waals surface area contributed by atoms with Crippen LogP contribution in [0.4, 0.5) is 5.69 Å². The number of benzene rings is 2. The quantitative estimate of drug-likeness (QED) is 0.410. The predicted octanol–water partition coefficient (Wildman–Crippen LogP) is 3.88. The number of amides is 2. The summed E-state index contributed by atoms with van der Waals surface area (Å²) in [5, 5.41) is 2.91. The molecule has 0 saturated heterocycles. The highest BCUT2D eigenvalue weighted by atomic mass is 32.2. The number of carbonyl (C=O) groups excluding carboxylic acids is 2. The van der Waals surface area contributed by atoms with Gasteiger partial charge in [0.25, 0.3) is 0 Å². The van der Waals surface area contributed by atoms with Crippen molar-refractivity contribution in [3.8, 4) is 5.75 Å². The fourth-order valence-electron chi connectivity index (χ4n) is 4.05. The second-order valence-corrected chi connectivity index (χ2v) is 10.8. The smallest absolute Gasteiger partial charge is 0.242 e. The summed E-state index contributed by atoms with van der Waals surface area (Å²) in [6.45, 7) is 6.86. The Balaban J connectivity index is 2.19. The number of sulfonamides is 1. The van der Waals surface area contributed by atoms with Crippen molar-refractivity contribution in [2.75, 3.05) is 30.8 Å². The maximum absolute atomic E-state index is 13.4. The number of rotatable bonds is 14. The molecule has 2 amide bonds. The van der Waals surface area contributed by atoms with Crippen LogP contribution in [0.3, 0.4) is 0 Å². The number of ether oxygens (including phenoxy) is 1. The molecule has 198 valence electrons. The van der Waals surface area contributed by atoms with E-state index in [0.717, 1.165) is 23.8 Å². The van der Waals surface area contributed by atoms with Crippen molar-refractivity contribution < 1.29 is 22.7 Å². The fraction of sp³-hybridized carbons (Fsp3) is 0.481. The SMILES string of the molecule is CCCNC(=O)[C@H](CC)N(Cc1cccc(C)c1)C(=O)CCCN(c1ccc(OC)cc1)S(C)(=O)=O. The van der Waals surface area contributed by atoms with E-state index in [4.69, 9.17) is 4.74 Å². The van der Waals surface area contributed by atoms with Crippen molar-refractivity contribution in [2.45, 2.75) is 59.0 Å². The van der Waals surface area contributed by atoms with Crippen molar-refractivity contribution in [1.29, 1.82) is 0 Å². The van der Waals surface area contributed by atoms with Crippen LogP contribution in [-0.4, -0.2) is 57.6 Å². The van der Waals surface area contributed by atoms with Crippen LogP contribution in [0.25, 0.3) is 0 Å². The van der Waals surface area contributed by atoms with E-state index in [1.54, 1.807) is 36.3 Å². The lowest BCUT2D eigenvalue weighted by atomic mass is 10.1. The average Bonchev–Trinajstić information content (AvgIpc) is 2.84. The minimum Gasteiger partial charge on any atom is -0.497 e. The largest absolute Gasteiger partial charge is 0.497 e. The third-order valence-electron chi connectivity index (χ3n) is 5.88. The first-order valence-electron chi connectivity index (χ1n) is 12.3.